The largest absolute Gasteiger partial charge is 0.505 e. The van der Waals surface area contributed by atoms with Crippen molar-refractivity contribution >= 4 is 11.5 Å². The van der Waals surface area contributed by atoms with E-state index in [0.29, 0.717) is 5.75 Å². The van der Waals surface area contributed by atoms with Crippen LogP contribution in [0.2, 0.25) is 0 Å². The Kier molecular flexibility index (Phi) is 2.05. The normalized spacial score (nSPS) is 9.89. The molecule has 2 nitrogen and oxygen atoms in total. The van der Waals surface area contributed by atoms with Gasteiger partial charge in [0.2, 0.25) is 0 Å². The molecule has 50 valence electrons. The third kappa shape index (κ3) is 1.42. The van der Waals surface area contributed by atoms with Crippen molar-refractivity contribution in [3.63, 3.8) is 0 Å². The van der Waals surface area contributed by atoms with E-state index >= 15 is 0 Å². The van der Waals surface area contributed by atoms with E-state index in [1.807, 2.05) is 0 Å². The lowest BCUT2D eigenvalue weighted by Gasteiger charge is -1.89. The maximum Gasteiger partial charge on any atom is 0.149 e. The van der Waals surface area contributed by atoms with E-state index in [4.69, 9.17) is 5.11 Å². The SMILES string of the molecule is CCCc1sncc1O. The van der Waals surface area contributed by atoms with Crippen LogP contribution < -0.4 is 0 Å². The second-order valence-corrected chi connectivity index (χ2v) is 2.77. The van der Waals surface area contributed by atoms with Crippen LogP contribution in [-0.4, -0.2) is 9.48 Å². The van der Waals surface area contributed by atoms with Crippen LogP contribution in [0.3, 0.4) is 0 Å². The van der Waals surface area contributed by atoms with E-state index in [0.717, 1.165) is 17.7 Å². The summed E-state index contributed by atoms with van der Waals surface area (Å²) < 4.78 is 3.83. The highest BCUT2D eigenvalue weighted by atomic mass is 32.1. The Labute approximate surface area is 58.3 Å². The Morgan fingerprint density at radius 2 is 2.56 bits per heavy atom. The molecular weight excluding hydrogens is 134 g/mol. The Hall–Kier alpha value is -0.570. The van der Waals surface area contributed by atoms with Crippen LogP contribution in [0.5, 0.6) is 5.75 Å². The molecule has 0 atom stereocenters. The molecule has 0 aliphatic rings. The first kappa shape index (κ1) is 6.55. The molecule has 0 spiro atoms. The van der Waals surface area contributed by atoms with Crippen LogP contribution in [0.25, 0.3) is 0 Å². The van der Waals surface area contributed by atoms with Crippen molar-refractivity contribution in [2.45, 2.75) is 19.8 Å². The molecule has 0 unspecified atom stereocenters. The fraction of sp³-hybridized carbons (Fsp3) is 0.500. The van der Waals surface area contributed by atoms with Crippen LogP contribution >= 0.6 is 11.5 Å². The van der Waals surface area contributed by atoms with Crippen LogP contribution in [0.1, 0.15) is 18.2 Å². The van der Waals surface area contributed by atoms with Gasteiger partial charge in [-0.1, -0.05) is 13.3 Å². The van der Waals surface area contributed by atoms with Gasteiger partial charge < -0.3 is 5.11 Å². The Bertz CT molecular complexity index is 185. The summed E-state index contributed by atoms with van der Waals surface area (Å²) in [4.78, 5) is 0.998. The van der Waals surface area contributed by atoms with E-state index in [-0.39, 0.29) is 0 Å². The maximum atomic E-state index is 9.03. The van der Waals surface area contributed by atoms with Crippen molar-refractivity contribution in [3.8, 4) is 5.75 Å². The summed E-state index contributed by atoms with van der Waals surface area (Å²) in [5.41, 5.74) is 0. The summed E-state index contributed by atoms with van der Waals surface area (Å²) in [6.07, 6.45) is 3.50. The highest BCUT2D eigenvalue weighted by Gasteiger charge is 2.00. The summed E-state index contributed by atoms with van der Waals surface area (Å²) in [5.74, 6) is 0.349. The van der Waals surface area contributed by atoms with Gasteiger partial charge >= 0.3 is 0 Å². The molecule has 9 heavy (non-hydrogen) atoms. The molecule has 1 aromatic rings. The first-order valence-electron chi connectivity index (χ1n) is 2.97. The molecule has 0 bridgehead atoms. The Balaban J connectivity index is 2.69. The molecule has 0 fully saturated rings. The predicted molar refractivity (Wildman–Crippen MR) is 37.8 cm³/mol. The standard InChI is InChI=1S/C6H9NOS/c1-2-3-6-5(8)4-7-9-6/h4,8H,2-3H2,1H3. The summed E-state index contributed by atoms with van der Waals surface area (Å²) in [5, 5.41) is 9.03. The summed E-state index contributed by atoms with van der Waals surface area (Å²) in [7, 11) is 0. The topological polar surface area (TPSA) is 33.1 Å². The highest BCUT2D eigenvalue weighted by Crippen LogP contribution is 2.20. The predicted octanol–water partition coefficient (Wildman–Crippen LogP) is 1.80. The maximum absolute atomic E-state index is 9.03. The lowest BCUT2D eigenvalue weighted by Crippen LogP contribution is -1.74. The van der Waals surface area contributed by atoms with Crippen molar-refractivity contribution in [3.05, 3.63) is 11.1 Å². The van der Waals surface area contributed by atoms with Crippen LogP contribution in [0.4, 0.5) is 0 Å². The number of aromatic nitrogens is 1. The average Bonchev–Trinajstić information content (AvgIpc) is 2.18. The molecule has 0 aromatic carbocycles. The second kappa shape index (κ2) is 2.82. The number of rotatable bonds is 2. The Morgan fingerprint density at radius 1 is 1.78 bits per heavy atom. The molecule has 3 heteroatoms. The van der Waals surface area contributed by atoms with Crippen molar-refractivity contribution in [1.82, 2.24) is 4.37 Å². The fourth-order valence-electron chi connectivity index (χ4n) is 0.659. The van der Waals surface area contributed by atoms with Gasteiger partial charge in [-0.05, 0) is 18.0 Å². The van der Waals surface area contributed by atoms with Crippen LogP contribution in [0.15, 0.2) is 6.20 Å². The summed E-state index contributed by atoms with van der Waals surface area (Å²) in [6, 6.07) is 0. The quantitative estimate of drug-likeness (QED) is 0.684. The van der Waals surface area contributed by atoms with Crippen LogP contribution in [-0.2, 0) is 6.42 Å². The van der Waals surface area contributed by atoms with Gasteiger partial charge in [0.25, 0.3) is 0 Å². The lowest BCUT2D eigenvalue weighted by molar-refractivity contribution is 0.470. The van der Waals surface area contributed by atoms with E-state index in [2.05, 4.69) is 11.3 Å². The van der Waals surface area contributed by atoms with E-state index < -0.39 is 0 Å². The first-order chi connectivity index (χ1) is 4.34. The van der Waals surface area contributed by atoms with E-state index in [1.165, 1.54) is 17.7 Å². The minimum absolute atomic E-state index is 0.349. The van der Waals surface area contributed by atoms with Crippen molar-refractivity contribution in [2.24, 2.45) is 0 Å². The van der Waals surface area contributed by atoms with Crippen molar-refractivity contribution in [2.75, 3.05) is 0 Å². The number of aromatic hydroxyl groups is 1. The summed E-state index contributed by atoms with van der Waals surface area (Å²) >= 11 is 1.37. The zero-order valence-corrected chi connectivity index (χ0v) is 6.11. The molecule has 1 N–H and O–H groups in total. The van der Waals surface area contributed by atoms with Gasteiger partial charge in [-0.2, -0.15) is 4.37 Å². The number of aryl methyl sites for hydroxylation is 1. The zero-order chi connectivity index (χ0) is 6.69. The van der Waals surface area contributed by atoms with Crippen LogP contribution in [0, 0.1) is 0 Å². The van der Waals surface area contributed by atoms with Gasteiger partial charge in [0.15, 0.2) is 0 Å². The molecule has 1 rings (SSSR count). The zero-order valence-electron chi connectivity index (χ0n) is 5.29. The van der Waals surface area contributed by atoms with Gasteiger partial charge in [0.05, 0.1) is 11.1 Å². The fourth-order valence-corrected chi connectivity index (χ4v) is 1.38. The number of nitrogens with zero attached hydrogens (tertiary/aromatic N) is 1. The highest BCUT2D eigenvalue weighted by molar-refractivity contribution is 7.06. The minimum atomic E-state index is 0.349. The summed E-state index contributed by atoms with van der Waals surface area (Å²) in [6.45, 7) is 2.08. The van der Waals surface area contributed by atoms with Crippen molar-refractivity contribution in [1.29, 1.82) is 0 Å². The van der Waals surface area contributed by atoms with Gasteiger partial charge in [-0.3, -0.25) is 0 Å². The lowest BCUT2D eigenvalue weighted by atomic mass is 10.3. The van der Waals surface area contributed by atoms with E-state index in [9.17, 15) is 0 Å². The van der Waals surface area contributed by atoms with Gasteiger partial charge in [-0.25, -0.2) is 0 Å². The molecule has 0 saturated carbocycles. The van der Waals surface area contributed by atoms with Crippen molar-refractivity contribution < 1.29 is 5.11 Å². The van der Waals surface area contributed by atoms with Gasteiger partial charge in [0, 0.05) is 0 Å². The molecule has 1 heterocycles. The Morgan fingerprint density at radius 3 is 3.00 bits per heavy atom. The third-order valence-electron chi connectivity index (χ3n) is 1.10. The third-order valence-corrected chi connectivity index (χ3v) is 1.95. The molecule has 0 radical (unpaired) electrons. The van der Waals surface area contributed by atoms with Gasteiger partial charge in [0.1, 0.15) is 5.75 Å². The molecular formula is C6H9NOS. The van der Waals surface area contributed by atoms with E-state index in [1.54, 1.807) is 0 Å². The molecule has 0 amide bonds. The number of hydrogen-bond acceptors (Lipinski definition) is 3. The molecule has 0 aliphatic heterocycles. The molecule has 1 aromatic heterocycles. The number of hydrogen-bond donors (Lipinski definition) is 1. The second-order valence-electron chi connectivity index (χ2n) is 1.88. The monoisotopic (exact) mass is 143 g/mol. The molecule has 0 aliphatic carbocycles. The minimum Gasteiger partial charge on any atom is -0.505 e. The smallest absolute Gasteiger partial charge is 0.149 e. The molecule has 0 saturated heterocycles. The average molecular weight is 143 g/mol. The van der Waals surface area contributed by atoms with Gasteiger partial charge in [-0.15, -0.1) is 0 Å². The first-order valence-corrected chi connectivity index (χ1v) is 3.74.